The van der Waals surface area contributed by atoms with Crippen LogP contribution in [0.25, 0.3) is 10.1 Å². The topological polar surface area (TPSA) is 98.9 Å². The van der Waals surface area contributed by atoms with Crippen molar-refractivity contribution in [3.63, 3.8) is 0 Å². The number of fused-ring (bicyclic) bond motifs is 1. The van der Waals surface area contributed by atoms with Gasteiger partial charge >= 0.3 is 0 Å². The summed E-state index contributed by atoms with van der Waals surface area (Å²) in [5.41, 5.74) is 6.25. The summed E-state index contributed by atoms with van der Waals surface area (Å²) >= 11 is 1.29. The zero-order valence-corrected chi connectivity index (χ0v) is 17.3. The third kappa shape index (κ3) is 3.51. The SMILES string of the molecule is COc1ccccc1S(=O)(=O)N1CCO[C@H](c2c(C(N)=O)sc3ccccc23)C1. The lowest BCUT2D eigenvalue weighted by molar-refractivity contribution is -0.00192. The van der Waals surface area contributed by atoms with Gasteiger partial charge < -0.3 is 15.2 Å². The summed E-state index contributed by atoms with van der Waals surface area (Å²) in [6, 6.07) is 14.1. The molecule has 1 aliphatic heterocycles. The van der Waals surface area contributed by atoms with Gasteiger partial charge in [0.25, 0.3) is 5.91 Å². The first-order valence-electron chi connectivity index (χ1n) is 8.99. The minimum atomic E-state index is -3.80. The van der Waals surface area contributed by atoms with Crippen LogP contribution in [0.5, 0.6) is 5.75 Å². The fourth-order valence-electron chi connectivity index (χ4n) is 3.56. The maximum absolute atomic E-state index is 13.3. The Bertz CT molecular complexity index is 1170. The number of nitrogens with two attached hydrogens (primary N) is 1. The van der Waals surface area contributed by atoms with Gasteiger partial charge in [0, 0.05) is 23.4 Å². The number of morpholine rings is 1. The molecule has 0 unspecified atom stereocenters. The van der Waals surface area contributed by atoms with Gasteiger partial charge in [0.1, 0.15) is 10.6 Å². The molecule has 152 valence electrons. The van der Waals surface area contributed by atoms with Crippen molar-refractivity contribution in [3.05, 3.63) is 59.0 Å². The molecule has 2 N–H and O–H groups in total. The van der Waals surface area contributed by atoms with Crippen molar-refractivity contribution in [3.8, 4) is 5.75 Å². The summed E-state index contributed by atoms with van der Waals surface area (Å²) in [5, 5.41) is 0.854. The summed E-state index contributed by atoms with van der Waals surface area (Å²) in [6.45, 7) is 0.508. The smallest absolute Gasteiger partial charge is 0.259 e. The highest BCUT2D eigenvalue weighted by atomic mass is 32.2. The first-order chi connectivity index (χ1) is 13.9. The van der Waals surface area contributed by atoms with Crippen LogP contribution in [0.2, 0.25) is 0 Å². The Hall–Kier alpha value is -2.46. The summed E-state index contributed by atoms with van der Waals surface area (Å²) in [6.07, 6.45) is -0.591. The van der Waals surface area contributed by atoms with Gasteiger partial charge in [-0.15, -0.1) is 11.3 Å². The highest BCUT2D eigenvalue weighted by Gasteiger charge is 2.35. The third-order valence-electron chi connectivity index (χ3n) is 4.90. The summed E-state index contributed by atoms with van der Waals surface area (Å²) < 4.78 is 39.9. The van der Waals surface area contributed by atoms with Crippen LogP contribution in [0, 0.1) is 0 Å². The number of methoxy groups -OCH3 is 1. The van der Waals surface area contributed by atoms with E-state index in [2.05, 4.69) is 0 Å². The third-order valence-corrected chi connectivity index (χ3v) is 8.00. The van der Waals surface area contributed by atoms with Crippen molar-refractivity contribution >= 4 is 37.4 Å². The van der Waals surface area contributed by atoms with E-state index in [0.29, 0.717) is 10.4 Å². The second-order valence-corrected chi connectivity index (χ2v) is 9.54. The van der Waals surface area contributed by atoms with Gasteiger partial charge in [-0.25, -0.2) is 8.42 Å². The fraction of sp³-hybridized carbons (Fsp3) is 0.250. The number of carbonyl (C=O) groups is 1. The second kappa shape index (κ2) is 7.75. The van der Waals surface area contributed by atoms with Gasteiger partial charge in [-0.3, -0.25) is 4.79 Å². The normalized spacial score (nSPS) is 18.0. The van der Waals surface area contributed by atoms with E-state index in [1.54, 1.807) is 18.2 Å². The first kappa shape index (κ1) is 19.8. The average molecular weight is 433 g/mol. The molecule has 1 fully saturated rings. The highest BCUT2D eigenvalue weighted by molar-refractivity contribution is 7.89. The van der Waals surface area contributed by atoms with Gasteiger partial charge in [0.2, 0.25) is 10.0 Å². The number of amides is 1. The molecule has 2 heterocycles. The number of primary amides is 1. The van der Waals surface area contributed by atoms with Crippen LogP contribution in [0.15, 0.2) is 53.4 Å². The molecule has 29 heavy (non-hydrogen) atoms. The van der Waals surface area contributed by atoms with E-state index in [1.807, 2.05) is 24.3 Å². The molecule has 1 amide bonds. The molecule has 0 radical (unpaired) electrons. The van der Waals surface area contributed by atoms with Crippen molar-refractivity contribution < 1.29 is 22.7 Å². The molecule has 0 spiro atoms. The number of ether oxygens (including phenoxy) is 2. The lowest BCUT2D eigenvalue weighted by Gasteiger charge is -2.32. The van der Waals surface area contributed by atoms with Crippen LogP contribution in [0.3, 0.4) is 0 Å². The molecule has 7 nitrogen and oxygen atoms in total. The highest BCUT2D eigenvalue weighted by Crippen LogP contribution is 2.39. The molecule has 0 saturated carbocycles. The Kier molecular flexibility index (Phi) is 5.30. The van der Waals surface area contributed by atoms with E-state index in [4.69, 9.17) is 15.2 Å². The predicted octanol–water partition coefficient (Wildman–Crippen LogP) is 2.77. The van der Waals surface area contributed by atoms with E-state index in [0.717, 1.165) is 10.1 Å². The van der Waals surface area contributed by atoms with Crippen LogP contribution < -0.4 is 10.5 Å². The van der Waals surface area contributed by atoms with Crippen LogP contribution in [-0.2, 0) is 14.8 Å². The van der Waals surface area contributed by atoms with E-state index in [9.17, 15) is 13.2 Å². The van der Waals surface area contributed by atoms with E-state index in [-0.39, 0.29) is 30.3 Å². The molecule has 9 heteroatoms. The lowest BCUT2D eigenvalue weighted by Crippen LogP contribution is -2.42. The first-order valence-corrected chi connectivity index (χ1v) is 11.2. The van der Waals surface area contributed by atoms with Crippen LogP contribution in [0.4, 0.5) is 0 Å². The van der Waals surface area contributed by atoms with Gasteiger partial charge in [-0.1, -0.05) is 30.3 Å². The van der Waals surface area contributed by atoms with Gasteiger partial charge in [0.05, 0.1) is 24.7 Å². The number of benzene rings is 2. The fourth-order valence-corrected chi connectivity index (χ4v) is 6.25. The summed E-state index contributed by atoms with van der Waals surface area (Å²) in [4.78, 5) is 12.5. The molecular formula is C20H20N2O5S2. The molecule has 4 rings (SSSR count). The van der Waals surface area contributed by atoms with Crippen LogP contribution >= 0.6 is 11.3 Å². The quantitative estimate of drug-likeness (QED) is 0.668. The number of sulfonamides is 1. The molecule has 1 aliphatic rings. The van der Waals surface area contributed by atoms with Crippen LogP contribution in [-0.4, -0.2) is 45.4 Å². The monoisotopic (exact) mass is 432 g/mol. The Morgan fingerprint density at radius 3 is 2.69 bits per heavy atom. The maximum atomic E-state index is 13.3. The van der Waals surface area contributed by atoms with E-state index < -0.39 is 22.0 Å². The Morgan fingerprint density at radius 1 is 1.21 bits per heavy atom. The predicted molar refractivity (Wildman–Crippen MR) is 111 cm³/mol. The lowest BCUT2D eigenvalue weighted by atomic mass is 10.0. The number of nitrogens with zero attached hydrogens (tertiary/aromatic N) is 1. The molecular weight excluding hydrogens is 412 g/mol. The number of thiophene rings is 1. The molecule has 1 atom stereocenters. The second-order valence-electron chi connectivity index (χ2n) is 6.58. The van der Waals surface area contributed by atoms with Crippen molar-refractivity contribution in [2.24, 2.45) is 5.73 Å². The number of rotatable bonds is 5. The Morgan fingerprint density at radius 2 is 1.93 bits per heavy atom. The molecule has 1 aromatic heterocycles. The zero-order chi connectivity index (χ0) is 20.6. The molecule has 3 aromatic rings. The van der Waals surface area contributed by atoms with E-state index in [1.165, 1.54) is 28.8 Å². The largest absolute Gasteiger partial charge is 0.495 e. The van der Waals surface area contributed by atoms with Crippen molar-refractivity contribution in [1.82, 2.24) is 4.31 Å². The zero-order valence-electron chi connectivity index (χ0n) is 15.7. The van der Waals surface area contributed by atoms with Gasteiger partial charge in [-0.2, -0.15) is 4.31 Å². The van der Waals surface area contributed by atoms with Gasteiger partial charge in [-0.05, 0) is 23.6 Å². The number of hydrogen-bond acceptors (Lipinski definition) is 6. The standard InChI is InChI=1S/C20H20N2O5S2/c1-26-14-7-3-5-9-17(14)29(24,25)22-10-11-27-15(12-22)18-13-6-2-4-8-16(13)28-19(18)20(21)23/h2-9,15H,10-12H2,1H3,(H2,21,23)/t15-/m0/s1. The van der Waals surface area contributed by atoms with Crippen LogP contribution in [0.1, 0.15) is 21.3 Å². The maximum Gasteiger partial charge on any atom is 0.259 e. The van der Waals surface area contributed by atoms with Gasteiger partial charge in [0.15, 0.2) is 0 Å². The molecule has 2 aromatic carbocycles. The Balaban J connectivity index is 1.74. The minimum absolute atomic E-state index is 0.0847. The molecule has 0 aliphatic carbocycles. The molecule has 1 saturated heterocycles. The summed E-state index contributed by atoms with van der Waals surface area (Å²) in [7, 11) is -2.36. The van der Waals surface area contributed by atoms with E-state index >= 15 is 0 Å². The van der Waals surface area contributed by atoms with Crippen molar-refractivity contribution in [2.75, 3.05) is 26.8 Å². The number of para-hydroxylation sites is 1. The number of carbonyl (C=O) groups excluding carboxylic acids is 1. The average Bonchev–Trinajstić information content (AvgIpc) is 3.14. The Labute approximate surface area is 172 Å². The molecule has 0 bridgehead atoms. The minimum Gasteiger partial charge on any atom is -0.495 e. The van der Waals surface area contributed by atoms with Crippen molar-refractivity contribution in [2.45, 2.75) is 11.0 Å². The number of hydrogen-bond donors (Lipinski definition) is 1. The summed E-state index contributed by atoms with van der Waals surface area (Å²) in [5.74, 6) is -0.260. The van der Waals surface area contributed by atoms with Crippen molar-refractivity contribution in [1.29, 1.82) is 0 Å².